The van der Waals surface area contributed by atoms with Crippen LogP contribution in [0.3, 0.4) is 0 Å². The number of likely N-dealkylation sites (tertiary alicyclic amines) is 1. The summed E-state index contributed by atoms with van der Waals surface area (Å²) in [6.07, 6.45) is 10.2. The predicted octanol–water partition coefficient (Wildman–Crippen LogP) is 1.66. The number of carbonyl (C=O) groups excluding carboxylic acids is 1. The van der Waals surface area contributed by atoms with Crippen LogP contribution < -0.4 is 0 Å². The van der Waals surface area contributed by atoms with Gasteiger partial charge in [-0.15, -0.1) is 0 Å². The molecule has 1 aliphatic rings. The standard InChI is InChI=1S/C17H23N5O2/c23-17(6-3-9-22-14-19-13-20-22)21-8-2-5-16(11-21)24-12-15-4-1-7-18-10-15/h1,4,7,10,13-14,16H,2-3,5-6,8-9,11-12H2/t16-/m1/s1. The SMILES string of the molecule is O=C(CCCn1cncn1)N1CCC[C@@H](OCc2cccnc2)C1. The third-order valence-electron chi connectivity index (χ3n) is 4.18. The summed E-state index contributed by atoms with van der Waals surface area (Å²) in [5.74, 6) is 0.199. The van der Waals surface area contributed by atoms with E-state index in [1.165, 1.54) is 6.33 Å². The van der Waals surface area contributed by atoms with E-state index in [0.29, 0.717) is 19.6 Å². The summed E-state index contributed by atoms with van der Waals surface area (Å²) >= 11 is 0. The van der Waals surface area contributed by atoms with Gasteiger partial charge in [0.25, 0.3) is 0 Å². The van der Waals surface area contributed by atoms with Gasteiger partial charge in [0.05, 0.1) is 12.7 Å². The number of carbonyl (C=O) groups is 1. The number of rotatable bonds is 7. The fourth-order valence-electron chi connectivity index (χ4n) is 2.90. The summed E-state index contributed by atoms with van der Waals surface area (Å²) in [5, 5.41) is 4.05. The number of hydrogen-bond donors (Lipinski definition) is 0. The number of amides is 1. The van der Waals surface area contributed by atoms with Gasteiger partial charge in [0.1, 0.15) is 12.7 Å². The number of aryl methyl sites for hydroxylation is 1. The van der Waals surface area contributed by atoms with Crippen molar-refractivity contribution in [2.24, 2.45) is 0 Å². The molecule has 0 aliphatic carbocycles. The van der Waals surface area contributed by atoms with Crippen molar-refractivity contribution in [2.75, 3.05) is 13.1 Å². The number of aromatic nitrogens is 4. The lowest BCUT2D eigenvalue weighted by molar-refractivity contribution is -0.135. The topological polar surface area (TPSA) is 73.1 Å². The highest BCUT2D eigenvalue weighted by molar-refractivity contribution is 5.76. The van der Waals surface area contributed by atoms with Gasteiger partial charge in [-0.2, -0.15) is 5.10 Å². The number of ether oxygens (including phenoxy) is 1. The maximum absolute atomic E-state index is 12.4. The van der Waals surface area contributed by atoms with E-state index >= 15 is 0 Å². The molecule has 3 rings (SSSR count). The molecule has 1 atom stereocenters. The van der Waals surface area contributed by atoms with Crippen molar-refractivity contribution in [1.29, 1.82) is 0 Å². The van der Waals surface area contributed by atoms with Gasteiger partial charge < -0.3 is 9.64 Å². The van der Waals surface area contributed by atoms with Crippen LogP contribution in [-0.4, -0.2) is 49.7 Å². The zero-order valence-corrected chi connectivity index (χ0v) is 13.8. The van der Waals surface area contributed by atoms with E-state index in [2.05, 4.69) is 15.1 Å². The summed E-state index contributed by atoms with van der Waals surface area (Å²) in [4.78, 5) is 22.3. The van der Waals surface area contributed by atoms with Gasteiger partial charge in [0, 0.05) is 38.4 Å². The lowest BCUT2D eigenvalue weighted by Gasteiger charge is -2.32. The van der Waals surface area contributed by atoms with E-state index in [1.54, 1.807) is 17.2 Å². The molecule has 128 valence electrons. The largest absolute Gasteiger partial charge is 0.372 e. The Kier molecular flexibility index (Phi) is 5.90. The molecule has 1 amide bonds. The third-order valence-corrected chi connectivity index (χ3v) is 4.18. The van der Waals surface area contributed by atoms with E-state index < -0.39 is 0 Å². The third kappa shape index (κ3) is 4.86. The first-order chi connectivity index (χ1) is 11.8. The van der Waals surface area contributed by atoms with Gasteiger partial charge in [-0.3, -0.25) is 14.5 Å². The van der Waals surface area contributed by atoms with Gasteiger partial charge in [-0.05, 0) is 30.9 Å². The summed E-state index contributed by atoms with van der Waals surface area (Å²) in [6.45, 7) is 2.78. The Morgan fingerprint density at radius 1 is 1.38 bits per heavy atom. The summed E-state index contributed by atoms with van der Waals surface area (Å²) in [7, 11) is 0. The van der Waals surface area contributed by atoms with Gasteiger partial charge in [0.15, 0.2) is 0 Å². The van der Waals surface area contributed by atoms with Crippen LogP contribution in [0.1, 0.15) is 31.2 Å². The van der Waals surface area contributed by atoms with Gasteiger partial charge in [-0.1, -0.05) is 6.07 Å². The number of piperidine rings is 1. The highest BCUT2D eigenvalue weighted by Crippen LogP contribution is 2.16. The molecular formula is C17H23N5O2. The Hall–Kier alpha value is -2.28. The van der Waals surface area contributed by atoms with Crippen LogP contribution in [0.2, 0.25) is 0 Å². The number of pyridine rings is 1. The van der Waals surface area contributed by atoms with Crippen molar-refractivity contribution in [2.45, 2.75) is 44.9 Å². The fraction of sp³-hybridized carbons (Fsp3) is 0.529. The fourth-order valence-corrected chi connectivity index (χ4v) is 2.90. The average Bonchev–Trinajstić information content (AvgIpc) is 3.14. The van der Waals surface area contributed by atoms with Crippen molar-refractivity contribution in [1.82, 2.24) is 24.6 Å². The summed E-state index contributed by atoms with van der Waals surface area (Å²) in [6, 6.07) is 3.91. The average molecular weight is 329 g/mol. The zero-order valence-electron chi connectivity index (χ0n) is 13.8. The monoisotopic (exact) mass is 329 g/mol. The molecule has 0 bridgehead atoms. The molecule has 0 unspecified atom stereocenters. The Labute approximate surface area is 141 Å². The van der Waals surface area contributed by atoms with Crippen LogP contribution in [0.15, 0.2) is 37.2 Å². The molecular weight excluding hydrogens is 306 g/mol. The van der Waals surface area contributed by atoms with Crippen LogP contribution in [0.5, 0.6) is 0 Å². The molecule has 7 heteroatoms. The highest BCUT2D eigenvalue weighted by Gasteiger charge is 2.23. The van der Waals surface area contributed by atoms with E-state index in [0.717, 1.165) is 37.9 Å². The number of nitrogens with zero attached hydrogens (tertiary/aromatic N) is 5. The lowest BCUT2D eigenvalue weighted by atomic mass is 10.1. The van der Waals surface area contributed by atoms with Crippen molar-refractivity contribution in [3.63, 3.8) is 0 Å². The molecule has 0 saturated carbocycles. The van der Waals surface area contributed by atoms with Gasteiger partial charge in [0.2, 0.25) is 5.91 Å². The minimum absolute atomic E-state index is 0.109. The Morgan fingerprint density at radius 3 is 3.12 bits per heavy atom. The first-order valence-electron chi connectivity index (χ1n) is 8.42. The van der Waals surface area contributed by atoms with Crippen LogP contribution in [-0.2, 0) is 22.7 Å². The second-order valence-corrected chi connectivity index (χ2v) is 6.04. The van der Waals surface area contributed by atoms with E-state index in [9.17, 15) is 4.79 Å². The van der Waals surface area contributed by atoms with Crippen LogP contribution in [0, 0.1) is 0 Å². The molecule has 3 heterocycles. The highest BCUT2D eigenvalue weighted by atomic mass is 16.5. The van der Waals surface area contributed by atoms with E-state index in [1.807, 2.05) is 23.2 Å². The maximum Gasteiger partial charge on any atom is 0.222 e. The second kappa shape index (κ2) is 8.54. The van der Waals surface area contributed by atoms with Crippen molar-refractivity contribution in [3.8, 4) is 0 Å². The Bertz CT molecular complexity index is 617. The molecule has 0 N–H and O–H groups in total. The number of hydrogen-bond acceptors (Lipinski definition) is 5. The smallest absolute Gasteiger partial charge is 0.222 e. The van der Waals surface area contributed by atoms with Crippen LogP contribution >= 0.6 is 0 Å². The predicted molar refractivity (Wildman–Crippen MR) is 87.9 cm³/mol. The first kappa shape index (κ1) is 16.6. The second-order valence-electron chi connectivity index (χ2n) is 6.04. The van der Waals surface area contributed by atoms with Crippen molar-refractivity contribution < 1.29 is 9.53 Å². The molecule has 0 spiro atoms. The van der Waals surface area contributed by atoms with Crippen molar-refractivity contribution in [3.05, 3.63) is 42.7 Å². The molecule has 1 fully saturated rings. The van der Waals surface area contributed by atoms with E-state index in [-0.39, 0.29) is 12.0 Å². The van der Waals surface area contributed by atoms with E-state index in [4.69, 9.17) is 4.74 Å². The van der Waals surface area contributed by atoms with Crippen LogP contribution in [0.4, 0.5) is 0 Å². The molecule has 2 aromatic heterocycles. The Morgan fingerprint density at radius 2 is 2.33 bits per heavy atom. The molecule has 24 heavy (non-hydrogen) atoms. The molecule has 7 nitrogen and oxygen atoms in total. The summed E-state index contributed by atoms with van der Waals surface area (Å²) in [5.41, 5.74) is 1.06. The van der Waals surface area contributed by atoms with Crippen molar-refractivity contribution >= 4 is 5.91 Å². The minimum Gasteiger partial charge on any atom is -0.372 e. The quantitative estimate of drug-likeness (QED) is 0.772. The maximum atomic E-state index is 12.4. The molecule has 1 aliphatic heterocycles. The Balaban J connectivity index is 1.40. The van der Waals surface area contributed by atoms with Gasteiger partial charge in [-0.25, -0.2) is 4.98 Å². The van der Waals surface area contributed by atoms with Gasteiger partial charge >= 0.3 is 0 Å². The summed E-state index contributed by atoms with van der Waals surface area (Å²) < 4.78 is 7.71. The van der Waals surface area contributed by atoms with Crippen LogP contribution in [0.25, 0.3) is 0 Å². The first-order valence-corrected chi connectivity index (χ1v) is 8.42. The molecule has 0 radical (unpaired) electrons. The normalized spacial score (nSPS) is 17.8. The minimum atomic E-state index is 0.109. The lowest BCUT2D eigenvalue weighted by Crippen LogP contribution is -2.43. The molecule has 2 aromatic rings. The molecule has 0 aromatic carbocycles. The zero-order chi connectivity index (χ0) is 16.6. The molecule has 1 saturated heterocycles.